The van der Waals surface area contributed by atoms with E-state index in [4.69, 9.17) is 0 Å². The highest BCUT2D eigenvalue weighted by atomic mass is 15.1. The van der Waals surface area contributed by atoms with Gasteiger partial charge in [-0.05, 0) is 143 Å². The van der Waals surface area contributed by atoms with Crippen LogP contribution in [-0.2, 0) is 0 Å². The maximum Gasteiger partial charge on any atom is 0.130 e. The zero-order valence-corrected chi connectivity index (χ0v) is 81.4. The largest absolute Gasteiger partial charge is 0.265 e. The summed E-state index contributed by atoms with van der Waals surface area (Å²) >= 11 is 0. The molecule has 114 heavy (non-hydrogen) atoms. The van der Waals surface area contributed by atoms with Crippen LogP contribution in [0.25, 0.3) is 0 Å². The number of hydrogen-bond donors (Lipinski definition) is 0. The van der Waals surface area contributed by atoms with E-state index in [0.717, 1.165) is 45.8 Å². The number of aromatic nitrogens is 17. The smallest absolute Gasteiger partial charge is 0.130 e. The summed E-state index contributed by atoms with van der Waals surface area (Å²) in [5.74, 6) is 6.44. The van der Waals surface area contributed by atoms with Gasteiger partial charge in [0.25, 0.3) is 0 Å². The van der Waals surface area contributed by atoms with Gasteiger partial charge >= 0.3 is 0 Å². The summed E-state index contributed by atoms with van der Waals surface area (Å²) in [7, 11) is 0. The van der Waals surface area contributed by atoms with Crippen molar-refractivity contribution in [3.8, 4) is 0 Å². The van der Waals surface area contributed by atoms with E-state index in [-0.39, 0.29) is 1.43 Å². The Hall–Kier alpha value is -8.99. The Labute approximate surface area is 706 Å². The lowest BCUT2D eigenvalue weighted by Gasteiger charge is -2.01. The van der Waals surface area contributed by atoms with E-state index < -0.39 is 0 Å². The van der Waals surface area contributed by atoms with Gasteiger partial charge in [-0.15, -0.1) is 0 Å². The van der Waals surface area contributed by atoms with Crippen molar-refractivity contribution in [2.75, 3.05) is 0 Å². The minimum absolute atomic E-state index is 0. The van der Waals surface area contributed by atoms with Gasteiger partial charge in [0.05, 0.1) is 23.3 Å². The number of aryl methyl sites for hydroxylation is 1. The Morgan fingerprint density at radius 3 is 0.816 bits per heavy atom. The molecule has 0 aliphatic rings. The number of nitrogens with zero attached hydrogens (tertiary/aromatic N) is 17. The summed E-state index contributed by atoms with van der Waals surface area (Å²) < 4.78 is 0. The summed E-state index contributed by atoms with van der Waals surface area (Å²) in [6, 6.07) is 23.7. The first-order valence-electron chi connectivity index (χ1n) is 42.9. The molecule has 0 bridgehead atoms. The molecule has 0 aliphatic carbocycles. The second kappa shape index (κ2) is 108. The molecule has 17 nitrogen and oxygen atoms in total. The fraction of sp³-hybridized carbons (Fsp3) is 0.557. The van der Waals surface area contributed by atoms with Crippen molar-refractivity contribution in [3.05, 3.63) is 260 Å². The van der Waals surface area contributed by atoms with E-state index in [1.54, 1.807) is 93.2 Å². The van der Waals surface area contributed by atoms with Gasteiger partial charge in [0, 0.05) is 130 Å². The van der Waals surface area contributed by atoms with Gasteiger partial charge < -0.3 is 0 Å². The van der Waals surface area contributed by atoms with Gasteiger partial charge in [-0.25, -0.2) is 29.9 Å². The molecule has 0 fully saturated rings. The Balaban J connectivity index is -0.0000000884. The molecule has 0 atom stereocenters. The third-order valence-corrected chi connectivity index (χ3v) is 11.8. The molecule has 0 spiro atoms. The van der Waals surface area contributed by atoms with Crippen molar-refractivity contribution in [1.82, 2.24) is 85.2 Å². The van der Waals surface area contributed by atoms with E-state index in [1.807, 2.05) is 263 Å². The second-order valence-electron chi connectivity index (χ2n) is 24.2. The van der Waals surface area contributed by atoms with Gasteiger partial charge in [-0.3, -0.25) is 34.9 Å². The van der Waals surface area contributed by atoms with E-state index in [9.17, 15) is 0 Å². The standard InChI is InChI=1S/3C8H11N.6C7H10N2.C5H6N2.C4H10.11C2H6.H2/c1-7(2)8-3-5-9-6-4-8;1-7(2)8-4-3-5-9-6-8;1-7(2)8-5-3-4-6-9-8;1-6(2)7-3-8-5-9-4-7;2*1-6(2)7-5-8-3-4-9-7;1-6(2)7-3-4-8-5-9-7;1-6(2)7-8-4-3-5-9-7;1-6(2)7-4-3-5-8-9-7;1-5-2-3-6-7-4-5;1-4(2)3;11*1-2;/h3*3-7H,1-2H3;6*3-6H,1-2H3;2-4H,1H3;4H,1-3H3;11*1-2H3;1H/i;;;;;;;;;;;;;;;;;;;;;;1+1. The number of rotatable bonds is 9. The highest BCUT2D eigenvalue weighted by molar-refractivity contribution is 5.14. The fourth-order valence-corrected chi connectivity index (χ4v) is 6.24. The highest BCUT2D eigenvalue weighted by Crippen LogP contribution is 2.14. The molecule has 10 rings (SSSR count). The Kier molecular flexibility index (Phi) is 125. The van der Waals surface area contributed by atoms with Crippen LogP contribution in [0.4, 0.5) is 0 Å². The van der Waals surface area contributed by atoms with Crippen LogP contribution in [0, 0.1) is 12.8 Å². The molecule has 0 saturated heterocycles. The van der Waals surface area contributed by atoms with Gasteiger partial charge in [0.2, 0.25) is 0 Å². The van der Waals surface area contributed by atoms with Gasteiger partial charge in [-0.2, -0.15) is 20.4 Å². The van der Waals surface area contributed by atoms with Crippen molar-refractivity contribution < 1.29 is 1.43 Å². The summed E-state index contributed by atoms with van der Waals surface area (Å²) in [6.07, 6.45) is 36.8. The Bertz CT molecular complexity index is 2530. The lowest BCUT2D eigenvalue weighted by atomic mass is 10.1. The molecule has 650 valence electrons. The Morgan fingerprint density at radius 2 is 0.588 bits per heavy atom. The monoisotopic (exact) mass is 1580 g/mol. The third kappa shape index (κ3) is 93.6. The van der Waals surface area contributed by atoms with Crippen LogP contribution in [0.15, 0.2) is 203 Å². The van der Waals surface area contributed by atoms with Crippen LogP contribution in [0.5, 0.6) is 0 Å². The maximum absolute atomic E-state index is 4.18. The average Bonchev–Trinajstić information content (AvgIpc) is 0.990. The molecule has 0 aliphatic heterocycles. The summed E-state index contributed by atoms with van der Waals surface area (Å²) in [4.78, 5) is 52.0. The molecular weight excluding hydrogens is 1400 g/mol. The van der Waals surface area contributed by atoms with Crippen molar-refractivity contribution in [2.45, 2.75) is 358 Å². The zero-order valence-electron chi connectivity index (χ0n) is 81.4. The predicted molar refractivity (Wildman–Crippen MR) is 506 cm³/mol. The first-order chi connectivity index (χ1) is 54.9. The minimum atomic E-state index is 0. The molecule has 17 heteroatoms. The van der Waals surface area contributed by atoms with Crippen LogP contribution in [0.3, 0.4) is 0 Å². The van der Waals surface area contributed by atoms with Crippen LogP contribution < -0.4 is 0 Å². The summed E-state index contributed by atoms with van der Waals surface area (Å²) in [6.45, 7) is 90.7. The lowest BCUT2D eigenvalue weighted by molar-refractivity contribution is 0.737. The molecule has 0 N–H and O–H groups in total. The second-order valence-corrected chi connectivity index (χ2v) is 24.2. The van der Waals surface area contributed by atoms with Crippen LogP contribution in [-0.4, -0.2) is 85.2 Å². The first kappa shape index (κ1) is 131. The normalized spacial score (nSPS) is 8.61. The van der Waals surface area contributed by atoms with E-state index >= 15 is 0 Å². The van der Waals surface area contributed by atoms with E-state index in [0.29, 0.717) is 53.3 Å². The number of hydrogen-bond acceptors (Lipinski definition) is 17. The van der Waals surface area contributed by atoms with Crippen molar-refractivity contribution in [2.24, 2.45) is 5.92 Å². The van der Waals surface area contributed by atoms with E-state index in [1.165, 1.54) is 16.7 Å². The summed E-state index contributed by atoms with van der Waals surface area (Å²) in [5.41, 5.74) is 10.4. The van der Waals surface area contributed by atoms with Crippen LogP contribution >= 0.6 is 0 Å². The van der Waals surface area contributed by atoms with Crippen LogP contribution in [0.2, 0.25) is 0 Å². The molecule has 0 amide bonds. The average molecular weight is 1580 g/mol. The van der Waals surface area contributed by atoms with Gasteiger partial charge in [0.15, 0.2) is 0 Å². The molecule has 10 heterocycles. The highest BCUT2D eigenvalue weighted by Gasteiger charge is 2.02. The van der Waals surface area contributed by atoms with Gasteiger partial charge in [0.1, 0.15) is 18.5 Å². The summed E-state index contributed by atoms with van der Waals surface area (Å²) in [5, 5.41) is 14.9. The predicted octanol–water partition coefficient (Wildman–Crippen LogP) is 30.2. The molecule has 0 radical (unpaired) electrons. The SMILES string of the molecule is CC.CC.CC.CC.CC.CC.CC.CC.CC.CC.CC.CC(C)C.CC(C)c1ccccn1.CC(C)c1cccnc1.CC(C)c1cccnn1.CC(C)c1ccncc1.CC(C)c1ccncn1.CC(C)c1cnccn1.CC(C)c1cnccn1.CC(C)c1cncnc1.CC(C)c1ncccn1.Cc1ccnnc1.[2HH]. The Morgan fingerprint density at radius 1 is 0.211 bits per heavy atom. The molecular formula is C97H177N17. The van der Waals surface area contributed by atoms with Crippen LogP contribution in [0.1, 0.15) is 409 Å². The molecule has 0 saturated carbocycles. The fourth-order valence-electron chi connectivity index (χ4n) is 6.24. The third-order valence-electron chi connectivity index (χ3n) is 11.8. The quantitative estimate of drug-likeness (QED) is 0.131. The van der Waals surface area contributed by atoms with E-state index in [2.05, 4.69) is 237 Å². The lowest BCUT2D eigenvalue weighted by Crippen LogP contribution is -1.93. The van der Waals surface area contributed by atoms with Crippen molar-refractivity contribution in [1.29, 1.82) is 0 Å². The first-order valence-corrected chi connectivity index (χ1v) is 42.9. The molecule has 0 aromatic carbocycles. The number of pyridine rings is 3. The zero-order chi connectivity index (χ0) is 90.9. The van der Waals surface area contributed by atoms with Gasteiger partial charge in [-0.1, -0.05) is 310 Å². The maximum atomic E-state index is 4.18. The molecule has 0 unspecified atom stereocenters. The topological polar surface area (TPSA) is 219 Å². The molecule has 10 aromatic heterocycles. The minimum Gasteiger partial charge on any atom is -0.265 e. The molecule has 10 aromatic rings. The van der Waals surface area contributed by atoms with Crippen molar-refractivity contribution in [3.63, 3.8) is 0 Å². The van der Waals surface area contributed by atoms with Crippen molar-refractivity contribution >= 4 is 0 Å².